The molecule has 0 radical (unpaired) electrons. The highest BCUT2D eigenvalue weighted by molar-refractivity contribution is 5.83. The van der Waals surface area contributed by atoms with Crippen molar-refractivity contribution in [2.24, 2.45) is 0 Å². The van der Waals surface area contributed by atoms with Crippen molar-refractivity contribution < 1.29 is 9.18 Å². The summed E-state index contributed by atoms with van der Waals surface area (Å²) >= 11 is 0. The fraction of sp³-hybridized carbons (Fsp3) is 0.500. The molecule has 0 saturated heterocycles. The van der Waals surface area contributed by atoms with Crippen LogP contribution in [0.2, 0.25) is 0 Å². The van der Waals surface area contributed by atoms with Gasteiger partial charge in [-0.3, -0.25) is 9.48 Å². The second-order valence-electron chi connectivity index (χ2n) is 3.24. The number of rotatable bonds is 2. The lowest BCUT2D eigenvalue weighted by molar-refractivity contribution is -0.128. The van der Waals surface area contributed by atoms with Crippen LogP contribution in [0.15, 0.2) is 12.4 Å². The monoisotopic (exact) mass is 185 g/mol. The Kier molecular flexibility index (Phi) is 2.36. The minimum absolute atomic E-state index is 0.212. The Hall–Kier alpha value is -1.39. The minimum Gasteiger partial charge on any atom is -0.357 e. The van der Waals surface area contributed by atoms with Gasteiger partial charge in [-0.05, 0) is 13.8 Å². The van der Waals surface area contributed by atoms with Crippen molar-refractivity contribution in [3.05, 3.63) is 18.2 Å². The predicted octanol–water partition coefficient (Wildman–Crippen LogP) is 0.503. The van der Waals surface area contributed by atoms with Crippen LogP contribution in [0, 0.1) is 5.82 Å². The first-order valence-corrected chi connectivity index (χ1v) is 3.91. The van der Waals surface area contributed by atoms with E-state index in [1.54, 1.807) is 13.8 Å². The highest BCUT2D eigenvalue weighted by atomic mass is 19.1. The predicted molar refractivity (Wildman–Crippen MR) is 45.6 cm³/mol. The Morgan fingerprint density at radius 2 is 2.31 bits per heavy atom. The molecule has 0 aromatic carbocycles. The number of aromatic nitrogens is 2. The van der Waals surface area contributed by atoms with Gasteiger partial charge in [0.05, 0.1) is 12.4 Å². The standard InChI is InChI=1S/C8H12FN3O/c1-8(2,7(13)10-3)12-5-6(9)4-11-12/h4-5H,1-3H3,(H,10,13). The largest absolute Gasteiger partial charge is 0.357 e. The summed E-state index contributed by atoms with van der Waals surface area (Å²) in [4.78, 5) is 11.3. The second kappa shape index (κ2) is 3.16. The lowest BCUT2D eigenvalue weighted by Gasteiger charge is -2.22. The zero-order chi connectivity index (χ0) is 10.1. The molecule has 13 heavy (non-hydrogen) atoms. The van der Waals surface area contributed by atoms with Gasteiger partial charge >= 0.3 is 0 Å². The van der Waals surface area contributed by atoms with E-state index in [0.717, 1.165) is 6.20 Å². The van der Waals surface area contributed by atoms with E-state index >= 15 is 0 Å². The zero-order valence-corrected chi connectivity index (χ0v) is 7.84. The molecule has 72 valence electrons. The summed E-state index contributed by atoms with van der Waals surface area (Å²) in [5.41, 5.74) is -0.862. The molecule has 0 saturated carbocycles. The molecular formula is C8H12FN3O. The average molecular weight is 185 g/mol. The van der Waals surface area contributed by atoms with Gasteiger partial charge in [-0.25, -0.2) is 4.39 Å². The van der Waals surface area contributed by atoms with E-state index in [4.69, 9.17) is 0 Å². The van der Waals surface area contributed by atoms with Crippen LogP contribution in [0.25, 0.3) is 0 Å². The topological polar surface area (TPSA) is 46.9 Å². The number of nitrogens with zero attached hydrogens (tertiary/aromatic N) is 2. The number of likely N-dealkylation sites (N-methyl/N-ethyl adjacent to an activating group) is 1. The molecule has 0 fully saturated rings. The minimum atomic E-state index is -0.862. The lowest BCUT2D eigenvalue weighted by atomic mass is 10.1. The molecule has 0 unspecified atom stereocenters. The van der Waals surface area contributed by atoms with E-state index in [9.17, 15) is 9.18 Å². The zero-order valence-electron chi connectivity index (χ0n) is 7.84. The fourth-order valence-electron chi connectivity index (χ4n) is 1.02. The second-order valence-corrected chi connectivity index (χ2v) is 3.24. The molecule has 0 aliphatic carbocycles. The smallest absolute Gasteiger partial charge is 0.247 e. The van der Waals surface area contributed by atoms with Crippen molar-refractivity contribution in [2.45, 2.75) is 19.4 Å². The quantitative estimate of drug-likeness (QED) is 0.729. The maximum absolute atomic E-state index is 12.6. The highest BCUT2D eigenvalue weighted by Crippen LogP contribution is 2.14. The fourth-order valence-corrected chi connectivity index (χ4v) is 1.02. The van der Waals surface area contributed by atoms with Crippen molar-refractivity contribution in [1.29, 1.82) is 0 Å². The van der Waals surface area contributed by atoms with Crippen LogP contribution in [-0.4, -0.2) is 22.7 Å². The van der Waals surface area contributed by atoms with Crippen LogP contribution in [-0.2, 0) is 10.3 Å². The number of hydrogen-bond acceptors (Lipinski definition) is 2. The summed E-state index contributed by atoms with van der Waals surface area (Å²) in [7, 11) is 1.53. The van der Waals surface area contributed by atoms with Gasteiger partial charge in [-0.2, -0.15) is 5.10 Å². The van der Waals surface area contributed by atoms with Crippen molar-refractivity contribution in [2.75, 3.05) is 7.05 Å². The molecule has 1 aromatic rings. The number of hydrogen-bond donors (Lipinski definition) is 1. The van der Waals surface area contributed by atoms with Crippen molar-refractivity contribution in [1.82, 2.24) is 15.1 Å². The third kappa shape index (κ3) is 1.68. The van der Waals surface area contributed by atoms with E-state index in [1.165, 1.54) is 17.9 Å². The number of carbonyl (C=O) groups is 1. The van der Waals surface area contributed by atoms with Gasteiger partial charge < -0.3 is 5.32 Å². The van der Waals surface area contributed by atoms with Gasteiger partial charge in [0.1, 0.15) is 5.54 Å². The van der Waals surface area contributed by atoms with Crippen LogP contribution in [0.3, 0.4) is 0 Å². The molecule has 1 heterocycles. The number of carbonyl (C=O) groups excluding carboxylic acids is 1. The molecule has 1 N–H and O–H groups in total. The van der Waals surface area contributed by atoms with Gasteiger partial charge in [-0.15, -0.1) is 0 Å². The number of halogens is 1. The molecule has 1 amide bonds. The molecule has 0 aliphatic rings. The molecule has 1 aromatic heterocycles. The van der Waals surface area contributed by atoms with Crippen molar-refractivity contribution in [3.63, 3.8) is 0 Å². The Morgan fingerprint density at radius 3 is 2.69 bits per heavy atom. The lowest BCUT2D eigenvalue weighted by Crippen LogP contribution is -2.43. The van der Waals surface area contributed by atoms with Crippen LogP contribution in [0.4, 0.5) is 4.39 Å². The van der Waals surface area contributed by atoms with Gasteiger partial charge in [0.15, 0.2) is 5.82 Å². The van der Waals surface area contributed by atoms with E-state index in [2.05, 4.69) is 10.4 Å². The Morgan fingerprint density at radius 1 is 1.69 bits per heavy atom. The first-order valence-electron chi connectivity index (χ1n) is 3.91. The summed E-state index contributed by atoms with van der Waals surface area (Å²) in [6.07, 6.45) is 2.26. The van der Waals surface area contributed by atoms with Crippen LogP contribution in [0.5, 0.6) is 0 Å². The summed E-state index contributed by atoms with van der Waals surface area (Å²) in [5, 5.41) is 6.23. The van der Waals surface area contributed by atoms with Crippen molar-refractivity contribution >= 4 is 5.91 Å². The van der Waals surface area contributed by atoms with Gasteiger partial charge in [0.25, 0.3) is 0 Å². The van der Waals surface area contributed by atoms with Gasteiger partial charge in [-0.1, -0.05) is 0 Å². The SMILES string of the molecule is CNC(=O)C(C)(C)n1cc(F)cn1. The summed E-state index contributed by atoms with van der Waals surface area (Å²) in [6.45, 7) is 3.33. The molecule has 4 nitrogen and oxygen atoms in total. The summed E-state index contributed by atoms with van der Waals surface area (Å²) < 4.78 is 13.9. The molecule has 1 rings (SSSR count). The van der Waals surface area contributed by atoms with Crippen molar-refractivity contribution in [3.8, 4) is 0 Å². The van der Waals surface area contributed by atoms with Crippen LogP contribution in [0.1, 0.15) is 13.8 Å². The Labute approximate surface area is 75.7 Å². The van der Waals surface area contributed by atoms with E-state index in [1.807, 2.05) is 0 Å². The highest BCUT2D eigenvalue weighted by Gasteiger charge is 2.29. The normalized spacial score (nSPS) is 11.4. The van der Waals surface area contributed by atoms with Crippen LogP contribution < -0.4 is 5.32 Å². The maximum atomic E-state index is 12.6. The average Bonchev–Trinajstić information content (AvgIpc) is 2.50. The first-order chi connectivity index (χ1) is 5.98. The summed E-state index contributed by atoms with van der Waals surface area (Å²) in [6, 6.07) is 0. The van der Waals surface area contributed by atoms with E-state index in [-0.39, 0.29) is 5.91 Å². The number of amides is 1. The molecule has 0 bridgehead atoms. The molecule has 0 aliphatic heterocycles. The molecule has 0 spiro atoms. The first kappa shape index (κ1) is 9.70. The van der Waals surface area contributed by atoms with Crippen LogP contribution >= 0.6 is 0 Å². The third-order valence-electron chi connectivity index (χ3n) is 1.91. The molecule has 5 heteroatoms. The third-order valence-corrected chi connectivity index (χ3v) is 1.91. The van der Waals surface area contributed by atoms with E-state index in [0.29, 0.717) is 0 Å². The number of nitrogens with one attached hydrogen (secondary N) is 1. The Balaban J connectivity index is 2.99. The van der Waals surface area contributed by atoms with E-state index < -0.39 is 11.4 Å². The maximum Gasteiger partial charge on any atom is 0.247 e. The van der Waals surface area contributed by atoms with Gasteiger partial charge in [0.2, 0.25) is 5.91 Å². The molecule has 0 atom stereocenters. The van der Waals surface area contributed by atoms with Gasteiger partial charge in [0, 0.05) is 7.05 Å². The summed E-state index contributed by atoms with van der Waals surface area (Å²) in [5.74, 6) is -0.660. The Bertz CT molecular complexity index is 319. The molecular weight excluding hydrogens is 173 g/mol.